The van der Waals surface area contributed by atoms with Gasteiger partial charge in [-0.05, 0) is 33.2 Å². The van der Waals surface area contributed by atoms with E-state index in [0.29, 0.717) is 18.1 Å². The van der Waals surface area contributed by atoms with Crippen molar-refractivity contribution in [2.45, 2.75) is 72.0 Å². The lowest BCUT2D eigenvalue weighted by Crippen LogP contribution is -2.50. The van der Waals surface area contributed by atoms with Crippen LogP contribution < -0.4 is 5.73 Å². The Morgan fingerprint density at radius 2 is 1.71 bits per heavy atom. The van der Waals surface area contributed by atoms with E-state index in [4.69, 9.17) is 5.73 Å². The summed E-state index contributed by atoms with van der Waals surface area (Å²) < 4.78 is 0. The van der Waals surface area contributed by atoms with Crippen molar-refractivity contribution in [3.63, 3.8) is 0 Å². The van der Waals surface area contributed by atoms with Gasteiger partial charge in [0.2, 0.25) is 0 Å². The number of nitrogens with zero attached hydrogens (tertiary/aromatic N) is 1. The van der Waals surface area contributed by atoms with E-state index in [1.807, 2.05) is 0 Å². The van der Waals surface area contributed by atoms with Gasteiger partial charge in [0.25, 0.3) is 0 Å². The second-order valence-corrected chi connectivity index (χ2v) is 4.35. The monoisotopic (exact) mass is 200 g/mol. The first-order chi connectivity index (χ1) is 6.58. The van der Waals surface area contributed by atoms with Crippen molar-refractivity contribution in [3.05, 3.63) is 0 Å². The lowest BCUT2D eigenvalue weighted by molar-refractivity contribution is 0.132. The summed E-state index contributed by atoms with van der Waals surface area (Å²) in [5, 5.41) is 0. The van der Waals surface area contributed by atoms with E-state index in [9.17, 15) is 0 Å². The Labute approximate surface area is 89.9 Å². The van der Waals surface area contributed by atoms with Crippen molar-refractivity contribution >= 4 is 0 Å². The van der Waals surface area contributed by atoms with Gasteiger partial charge in [0.15, 0.2) is 0 Å². The number of rotatable bonds is 7. The third-order valence-corrected chi connectivity index (χ3v) is 2.99. The molecule has 2 nitrogen and oxygen atoms in total. The molecule has 0 fully saturated rings. The molecule has 0 heterocycles. The third kappa shape index (κ3) is 3.97. The lowest BCUT2D eigenvalue weighted by atomic mass is 9.99. The van der Waals surface area contributed by atoms with Gasteiger partial charge < -0.3 is 5.73 Å². The predicted molar refractivity (Wildman–Crippen MR) is 64.5 cm³/mol. The molecular weight excluding hydrogens is 172 g/mol. The number of likely N-dealkylation sites (N-methyl/N-ethyl adjacent to an activating group) is 1. The molecule has 2 N–H and O–H groups in total. The van der Waals surface area contributed by atoms with Crippen LogP contribution in [0.15, 0.2) is 0 Å². The summed E-state index contributed by atoms with van der Waals surface area (Å²) in [5.41, 5.74) is 6.21. The molecule has 0 aliphatic rings. The van der Waals surface area contributed by atoms with E-state index >= 15 is 0 Å². The van der Waals surface area contributed by atoms with E-state index in [1.54, 1.807) is 0 Å². The minimum absolute atomic E-state index is 0.340. The standard InChI is InChI=1S/C12H28N2/c1-6-9-11(13)12(7-2)14(8-3)10(4)5/h10-12H,6-9,13H2,1-5H3. The van der Waals surface area contributed by atoms with Gasteiger partial charge in [0.1, 0.15) is 0 Å². The molecule has 0 amide bonds. The Hall–Kier alpha value is -0.0800. The van der Waals surface area contributed by atoms with Crippen molar-refractivity contribution in [2.24, 2.45) is 5.73 Å². The fourth-order valence-corrected chi connectivity index (χ4v) is 2.29. The number of nitrogens with two attached hydrogens (primary N) is 1. The van der Waals surface area contributed by atoms with Gasteiger partial charge in [0, 0.05) is 18.1 Å². The van der Waals surface area contributed by atoms with Gasteiger partial charge >= 0.3 is 0 Å². The van der Waals surface area contributed by atoms with E-state index in [1.165, 1.54) is 6.42 Å². The Balaban J connectivity index is 4.34. The van der Waals surface area contributed by atoms with Crippen molar-refractivity contribution in [1.82, 2.24) is 4.90 Å². The van der Waals surface area contributed by atoms with Crippen LogP contribution in [0.3, 0.4) is 0 Å². The maximum absolute atomic E-state index is 6.21. The first kappa shape index (κ1) is 13.9. The van der Waals surface area contributed by atoms with Crippen LogP contribution in [0.4, 0.5) is 0 Å². The number of hydrogen-bond donors (Lipinski definition) is 1. The Morgan fingerprint density at radius 3 is 2.00 bits per heavy atom. The molecule has 2 unspecified atom stereocenters. The topological polar surface area (TPSA) is 29.3 Å². The summed E-state index contributed by atoms with van der Waals surface area (Å²) in [4.78, 5) is 2.51. The van der Waals surface area contributed by atoms with Crippen LogP contribution >= 0.6 is 0 Å². The molecule has 0 saturated carbocycles. The molecular formula is C12H28N2. The van der Waals surface area contributed by atoms with Gasteiger partial charge in [-0.3, -0.25) is 4.90 Å². The summed E-state index contributed by atoms with van der Waals surface area (Å²) in [5.74, 6) is 0. The fourth-order valence-electron chi connectivity index (χ4n) is 2.29. The molecule has 0 aromatic rings. The van der Waals surface area contributed by atoms with Crippen molar-refractivity contribution < 1.29 is 0 Å². The highest BCUT2D eigenvalue weighted by molar-refractivity contribution is 4.82. The van der Waals surface area contributed by atoms with Crippen LogP contribution in [-0.4, -0.2) is 29.6 Å². The molecule has 2 heteroatoms. The van der Waals surface area contributed by atoms with Gasteiger partial charge in [0.05, 0.1) is 0 Å². The largest absolute Gasteiger partial charge is 0.326 e. The SMILES string of the molecule is CCCC(N)C(CC)N(CC)C(C)C. The lowest BCUT2D eigenvalue weighted by Gasteiger charge is -2.37. The van der Waals surface area contributed by atoms with Crippen LogP contribution in [0.5, 0.6) is 0 Å². The third-order valence-electron chi connectivity index (χ3n) is 2.99. The highest BCUT2D eigenvalue weighted by Crippen LogP contribution is 2.14. The van der Waals surface area contributed by atoms with E-state index < -0.39 is 0 Å². The minimum Gasteiger partial charge on any atom is -0.326 e. The van der Waals surface area contributed by atoms with E-state index in [-0.39, 0.29) is 0 Å². The Morgan fingerprint density at radius 1 is 1.14 bits per heavy atom. The first-order valence-corrected chi connectivity index (χ1v) is 6.09. The average Bonchev–Trinajstić information content (AvgIpc) is 2.13. The predicted octanol–water partition coefficient (Wildman–Crippen LogP) is 2.62. The van der Waals surface area contributed by atoms with Crippen molar-refractivity contribution in [3.8, 4) is 0 Å². The normalized spacial score (nSPS) is 16.3. The summed E-state index contributed by atoms with van der Waals surface area (Å²) in [6.45, 7) is 12.3. The second-order valence-electron chi connectivity index (χ2n) is 4.35. The zero-order chi connectivity index (χ0) is 11.1. The molecule has 0 saturated heterocycles. The second kappa shape index (κ2) is 7.24. The maximum atomic E-state index is 6.21. The quantitative estimate of drug-likeness (QED) is 0.684. The molecule has 2 atom stereocenters. The first-order valence-electron chi connectivity index (χ1n) is 6.09. The zero-order valence-electron chi connectivity index (χ0n) is 10.6. The van der Waals surface area contributed by atoms with E-state index in [0.717, 1.165) is 19.4 Å². The van der Waals surface area contributed by atoms with Crippen LogP contribution in [0.1, 0.15) is 53.9 Å². The molecule has 86 valence electrons. The van der Waals surface area contributed by atoms with Gasteiger partial charge in [-0.1, -0.05) is 27.2 Å². The van der Waals surface area contributed by atoms with Gasteiger partial charge in [-0.2, -0.15) is 0 Å². The van der Waals surface area contributed by atoms with Crippen LogP contribution in [0.2, 0.25) is 0 Å². The molecule has 0 spiro atoms. The Kier molecular flexibility index (Phi) is 7.20. The van der Waals surface area contributed by atoms with Crippen molar-refractivity contribution in [1.29, 1.82) is 0 Å². The highest BCUT2D eigenvalue weighted by atomic mass is 15.2. The summed E-state index contributed by atoms with van der Waals surface area (Å²) >= 11 is 0. The highest BCUT2D eigenvalue weighted by Gasteiger charge is 2.23. The van der Waals surface area contributed by atoms with Gasteiger partial charge in [-0.15, -0.1) is 0 Å². The molecule has 0 aromatic carbocycles. The summed E-state index contributed by atoms with van der Waals surface area (Å²) in [7, 11) is 0. The van der Waals surface area contributed by atoms with Crippen LogP contribution in [0.25, 0.3) is 0 Å². The molecule has 0 rings (SSSR count). The minimum atomic E-state index is 0.340. The number of hydrogen-bond acceptors (Lipinski definition) is 2. The Bertz CT molecular complexity index is 134. The summed E-state index contributed by atoms with van der Waals surface area (Å²) in [6.07, 6.45) is 3.49. The van der Waals surface area contributed by atoms with Crippen molar-refractivity contribution in [2.75, 3.05) is 6.54 Å². The van der Waals surface area contributed by atoms with Crippen LogP contribution in [0, 0.1) is 0 Å². The zero-order valence-corrected chi connectivity index (χ0v) is 10.6. The molecule has 0 aliphatic heterocycles. The molecule has 0 radical (unpaired) electrons. The van der Waals surface area contributed by atoms with Gasteiger partial charge in [-0.25, -0.2) is 0 Å². The maximum Gasteiger partial charge on any atom is 0.0247 e. The van der Waals surface area contributed by atoms with E-state index in [2.05, 4.69) is 39.5 Å². The summed E-state index contributed by atoms with van der Waals surface area (Å²) in [6, 6.07) is 1.50. The fraction of sp³-hybridized carbons (Fsp3) is 1.00. The van der Waals surface area contributed by atoms with Crippen LogP contribution in [-0.2, 0) is 0 Å². The molecule has 0 aliphatic carbocycles. The molecule has 0 bridgehead atoms. The molecule has 0 aromatic heterocycles. The molecule has 14 heavy (non-hydrogen) atoms. The average molecular weight is 200 g/mol. The smallest absolute Gasteiger partial charge is 0.0247 e.